The number of carbonyl (C=O) groups excluding carboxylic acids is 2. The molecule has 162 valence electrons. The second-order valence-electron chi connectivity index (χ2n) is 6.99. The smallest absolute Gasteiger partial charge is 0.404 e. The number of phenols is 1. The zero-order valence-electron chi connectivity index (χ0n) is 16.5. The van der Waals surface area contributed by atoms with Crippen molar-refractivity contribution in [3.05, 3.63) is 66.2 Å². The summed E-state index contributed by atoms with van der Waals surface area (Å²) < 4.78 is -0.349. The lowest BCUT2D eigenvalue weighted by Crippen LogP contribution is -2.47. The third-order valence-corrected chi connectivity index (χ3v) is 6.42. The lowest BCUT2D eigenvalue weighted by atomic mass is 10.2. The summed E-state index contributed by atoms with van der Waals surface area (Å²) in [6.07, 6.45) is 2.44. The molecule has 0 radical (unpaired) electrons. The summed E-state index contributed by atoms with van der Waals surface area (Å²) in [6.45, 7) is 0.191. The van der Waals surface area contributed by atoms with Crippen molar-refractivity contribution in [2.75, 3.05) is 18.0 Å². The largest absolute Gasteiger partial charge is 0.508 e. The Morgan fingerprint density at radius 3 is 2.45 bits per heavy atom. The topological polar surface area (TPSA) is 110 Å². The number of carbonyl (C=O) groups is 3. The molecule has 0 aromatic heterocycles. The number of likely N-dealkylation sites (tertiary alicyclic amines) is 1. The zero-order chi connectivity index (χ0) is 22.4. The molecule has 0 saturated carbocycles. The maximum atomic E-state index is 13.0. The van der Waals surface area contributed by atoms with Crippen LogP contribution >= 0.6 is 22.6 Å². The maximum Gasteiger partial charge on any atom is 0.404 e. The number of nitrogens with zero attached hydrogens (tertiary/aromatic N) is 2. The van der Waals surface area contributed by atoms with Crippen molar-refractivity contribution in [2.24, 2.45) is 0 Å². The van der Waals surface area contributed by atoms with E-state index >= 15 is 0 Å². The summed E-state index contributed by atoms with van der Waals surface area (Å²) >= 11 is 2.04. The van der Waals surface area contributed by atoms with Crippen molar-refractivity contribution < 1.29 is 24.6 Å². The number of benzene rings is 2. The van der Waals surface area contributed by atoms with Gasteiger partial charge in [0.15, 0.2) is 0 Å². The predicted octanol–water partition coefficient (Wildman–Crippen LogP) is 3.07. The lowest BCUT2D eigenvalue weighted by molar-refractivity contribution is -0.130. The number of halogens is 1. The second-order valence-corrected chi connectivity index (χ2v) is 8.27. The fourth-order valence-corrected chi connectivity index (χ4v) is 4.42. The third-order valence-electron chi connectivity index (χ3n) is 4.88. The quantitative estimate of drug-likeness (QED) is 0.228. The first-order valence-electron chi connectivity index (χ1n) is 9.62. The van der Waals surface area contributed by atoms with E-state index in [1.165, 1.54) is 23.1 Å². The van der Waals surface area contributed by atoms with E-state index in [2.05, 4.69) is 5.32 Å². The molecule has 1 aliphatic rings. The molecule has 2 atom stereocenters. The van der Waals surface area contributed by atoms with Crippen molar-refractivity contribution in [3.8, 4) is 5.75 Å². The summed E-state index contributed by atoms with van der Waals surface area (Å²) in [7, 11) is 0. The highest BCUT2D eigenvalue weighted by atomic mass is 127. The number of hydrogen-bond donors (Lipinski definition) is 3. The van der Waals surface area contributed by atoms with E-state index < -0.39 is 6.09 Å². The van der Waals surface area contributed by atoms with Crippen LogP contribution in [0.3, 0.4) is 0 Å². The highest BCUT2D eigenvalue weighted by Crippen LogP contribution is 2.25. The van der Waals surface area contributed by atoms with Crippen LogP contribution in [0, 0.1) is 0 Å². The Kier molecular flexibility index (Phi) is 7.50. The van der Waals surface area contributed by atoms with Crippen LogP contribution in [0.1, 0.15) is 12.0 Å². The molecule has 1 saturated heterocycles. The highest BCUT2D eigenvalue weighted by molar-refractivity contribution is 14.1. The molecule has 0 aliphatic carbocycles. The Bertz CT molecular complexity index is 965. The van der Waals surface area contributed by atoms with Gasteiger partial charge in [-0.05, 0) is 42.3 Å². The Labute approximate surface area is 193 Å². The minimum atomic E-state index is -1.13. The number of aromatic hydroxyl groups is 1. The van der Waals surface area contributed by atoms with Crippen LogP contribution in [-0.2, 0) is 9.59 Å². The zero-order valence-corrected chi connectivity index (χ0v) is 18.7. The monoisotopic (exact) mass is 535 g/mol. The molecule has 1 aliphatic heterocycles. The summed E-state index contributed by atoms with van der Waals surface area (Å²) in [5, 5.41) is 21.0. The number of alkyl halides is 1. The summed E-state index contributed by atoms with van der Waals surface area (Å²) in [5.41, 5.74) is 1.32. The van der Waals surface area contributed by atoms with Gasteiger partial charge in [0.2, 0.25) is 5.91 Å². The minimum absolute atomic E-state index is 0.0526. The van der Waals surface area contributed by atoms with Gasteiger partial charge < -0.3 is 20.4 Å². The number of hydrogen-bond acceptors (Lipinski definition) is 4. The highest BCUT2D eigenvalue weighted by Gasteiger charge is 2.37. The molecule has 0 spiro atoms. The molecule has 8 nitrogen and oxygen atoms in total. The van der Waals surface area contributed by atoms with Gasteiger partial charge >= 0.3 is 6.09 Å². The number of rotatable bonds is 6. The van der Waals surface area contributed by atoms with Gasteiger partial charge in [0, 0.05) is 18.3 Å². The van der Waals surface area contributed by atoms with Crippen molar-refractivity contribution in [3.63, 3.8) is 0 Å². The first-order valence-corrected chi connectivity index (χ1v) is 10.9. The average molecular weight is 535 g/mol. The fraction of sp³-hybridized carbons (Fsp3) is 0.227. The molecular weight excluding hydrogens is 513 g/mol. The van der Waals surface area contributed by atoms with Crippen LogP contribution in [-0.4, -0.2) is 56.2 Å². The van der Waals surface area contributed by atoms with E-state index in [-0.39, 0.29) is 34.2 Å². The first-order chi connectivity index (χ1) is 14.8. The predicted molar refractivity (Wildman–Crippen MR) is 125 cm³/mol. The normalized spacial score (nSPS) is 18.2. The summed E-state index contributed by atoms with van der Waals surface area (Å²) in [6, 6.07) is 15.0. The van der Waals surface area contributed by atoms with E-state index in [1.54, 1.807) is 23.1 Å². The summed E-state index contributed by atoms with van der Waals surface area (Å²) in [4.78, 5) is 39.8. The fourth-order valence-electron chi connectivity index (χ4n) is 3.29. The molecule has 2 aromatic rings. The van der Waals surface area contributed by atoms with Crippen LogP contribution in [0.25, 0.3) is 6.08 Å². The van der Waals surface area contributed by atoms with Crippen LogP contribution in [0.2, 0.25) is 0 Å². The van der Waals surface area contributed by atoms with Gasteiger partial charge in [-0.2, -0.15) is 0 Å². The van der Waals surface area contributed by atoms with Crippen LogP contribution in [0.5, 0.6) is 5.75 Å². The molecule has 3 amide bonds. The van der Waals surface area contributed by atoms with Gasteiger partial charge in [0.1, 0.15) is 16.3 Å². The Hall–Kier alpha value is -3.08. The SMILES string of the molecule is O=C(O)NC1CCN(C(=O)CN(C(=O)C=Cc2ccccc2)c2ccc(O)cc2)C1I. The van der Waals surface area contributed by atoms with E-state index in [0.29, 0.717) is 18.7 Å². The van der Waals surface area contributed by atoms with Gasteiger partial charge in [0.05, 0.1) is 6.04 Å². The number of amides is 3. The maximum absolute atomic E-state index is 13.0. The van der Waals surface area contributed by atoms with E-state index in [4.69, 9.17) is 5.11 Å². The molecule has 1 heterocycles. The van der Waals surface area contributed by atoms with Gasteiger partial charge in [0.25, 0.3) is 5.91 Å². The van der Waals surface area contributed by atoms with Crippen molar-refractivity contribution in [2.45, 2.75) is 16.5 Å². The minimum Gasteiger partial charge on any atom is -0.508 e. The molecule has 9 heteroatoms. The van der Waals surface area contributed by atoms with E-state index in [9.17, 15) is 19.5 Å². The molecule has 3 rings (SSSR count). The molecule has 3 N–H and O–H groups in total. The van der Waals surface area contributed by atoms with Crippen LogP contribution in [0.4, 0.5) is 10.5 Å². The van der Waals surface area contributed by atoms with Gasteiger partial charge in [-0.25, -0.2) is 4.79 Å². The van der Waals surface area contributed by atoms with Gasteiger partial charge in [-0.3, -0.25) is 14.5 Å². The van der Waals surface area contributed by atoms with Gasteiger partial charge in [-0.1, -0.05) is 52.9 Å². The molecular formula is C22H22IN3O5. The number of nitrogens with one attached hydrogen (secondary N) is 1. The Morgan fingerprint density at radius 1 is 1.13 bits per heavy atom. The molecule has 1 fully saturated rings. The van der Waals surface area contributed by atoms with Crippen LogP contribution in [0.15, 0.2) is 60.7 Å². The lowest BCUT2D eigenvalue weighted by Gasteiger charge is -2.27. The Morgan fingerprint density at radius 2 is 1.81 bits per heavy atom. The second kappa shape index (κ2) is 10.3. The van der Waals surface area contributed by atoms with Crippen molar-refractivity contribution >= 4 is 52.3 Å². The number of phenolic OH excluding ortho intramolecular Hbond substituents is 1. The standard InChI is InChI=1S/C22H22IN3O5/c23-21-18(24-22(30)31)12-13-25(21)20(29)14-26(16-7-9-17(27)10-8-16)19(28)11-6-15-4-2-1-3-5-15/h1-11,18,21,24,27H,12-14H2,(H,30,31). The van der Waals surface area contributed by atoms with Crippen molar-refractivity contribution in [1.29, 1.82) is 0 Å². The molecule has 31 heavy (non-hydrogen) atoms. The molecule has 2 unspecified atom stereocenters. The Balaban J connectivity index is 1.77. The van der Waals surface area contributed by atoms with Gasteiger partial charge in [-0.15, -0.1) is 0 Å². The van der Waals surface area contributed by atoms with Crippen molar-refractivity contribution in [1.82, 2.24) is 10.2 Å². The molecule has 0 bridgehead atoms. The van der Waals surface area contributed by atoms with E-state index in [1.807, 2.05) is 52.9 Å². The molecule has 2 aromatic carbocycles. The third kappa shape index (κ3) is 5.97. The number of anilines is 1. The summed E-state index contributed by atoms with van der Waals surface area (Å²) in [5.74, 6) is -0.618. The first kappa shape index (κ1) is 22.6. The van der Waals surface area contributed by atoms with Crippen LogP contribution < -0.4 is 10.2 Å². The number of carboxylic acid groups (broad SMARTS) is 1. The average Bonchev–Trinajstić information content (AvgIpc) is 3.11. The van der Waals surface area contributed by atoms with E-state index in [0.717, 1.165) is 5.56 Å².